The molecule has 0 unspecified atom stereocenters. The Hall–Kier alpha value is -2.20. The van der Waals surface area contributed by atoms with Crippen LogP contribution in [0.3, 0.4) is 0 Å². The third kappa shape index (κ3) is 5.17. The highest BCUT2D eigenvalue weighted by molar-refractivity contribution is 5.55. The number of piperazine rings is 1. The zero-order valence-corrected chi connectivity index (χ0v) is 13.7. The Morgan fingerprint density at radius 1 is 1.17 bits per heavy atom. The van der Waals surface area contributed by atoms with E-state index in [1.165, 1.54) is 0 Å². The molecular formula is C15H27N7O2. The number of nitrogens with zero attached hydrogens (tertiary/aromatic N) is 2. The maximum atomic E-state index is 9.60. The third-order valence-corrected chi connectivity index (χ3v) is 3.98. The molecule has 9 N–H and O–H groups in total. The van der Waals surface area contributed by atoms with Gasteiger partial charge in [0.05, 0.1) is 18.0 Å². The first-order chi connectivity index (χ1) is 11.6. The fourth-order valence-electron chi connectivity index (χ4n) is 2.48. The molecule has 1 fully saturated rings. The van der Waals surface area contributed by atoms with E-state index in [-0.39, 0.29) is 18.1 Å². The minimum absolute atomic E-state index is 0.0861. The van der Waals surface area contributed by atoms with E-state index in [1.807, 2.05) is 24.3 Å². The Bertz CT molecular complexity index is 527. The van der Waals surface area contributed by atoms with Gasteiger partial charge in [-0.25, -0.2) is 5.90 Å². The molecule has 0 aromatic heterocycles. The van der Waals surface area contributed by atoms with Crippen molar-refractivity contribution in [2.75, 3.05) is 56.2 Å². The zero-order valence-electron chi connectivity index (χ0n) is 13.7. The predicted octanol–water partition coefficient (Wildman–Crippen LogP) is -0.740. The molecular weight excluding hydrogens is 310 g/mol. The van der Waals surface area contributed by atoms with E-state index in [9.17, 15) is 5.11 Å². The summed E-state index contributed by atoms with van der Waals surface area (Å²) in [5.41, 5.74) is 18.5. The molecule has 1 aromatic carbocycles. The van der Waals surface area contributed by atoms with Crippen LogP contribution in [-0.4, -0.2) is 55.9 Å². The molecule has 0 spiro atoms. The van der Waals surface area contributed by atoms with Crippen molar-refractivity contribution in [2.24, 2.45) is 17.4 Å². The smallest absolute Gasteiger partial charge is 0.224 e. The number of benzene rings is 1. The van der Waals surface area contributed by atoms with Gasteiger partial charge >= 0.3 is 0 Å². The van der Waals surface area contributed by atoms with E-state index in [4.69, 9.17) is 17.4 Å². The number of nitrogens with one attached hydrogen (secondary N) is 2. The summed E-state index contributed by atoms with van der Waals surface area (Å²) < 4.78 is 0. The Kier molecular flexibility index (Phi) is 6.94. The number of aliphatic hydroxyl groups excluding tert-OH is 1. The van der Waals surface area contributed by atoms with Gasteiger partial charge in [0.2, 0.25) is 5.88 Å². The molecule has 24 heavy (non-hydrogen) atoms. The summed E-state index contributed by atoms with van der Waals surface area (Å²) in [5.74, 6) is 4.90. The van der Waals surface area contributed by atoms with Crippen molar-refractivity contribution < 1.29 is 9.94 Å². The molecule has 0 aliphatic carbocycles. The number of aliphatic hydroxyl groups is 1. The highest BCUT2D eigenvalue weighted by atomic mass is 16.6. The number of hydrogen-bond donors (Lipinski definition) is 6. The van der Waals surface area contributed by atoms with Gasteiger partial charge in [0.15, 0.2) is 0 Å². The SMILES string of the molecule is NC/C(N)=C(\O)NNc1ccc(N2CCN(CCON)CC2)cc1. The Labute approximate surface area is 141 Å². The van der Waals surface area contributed by atoms with Crippen LogP contribution in [-0.2, 0) is 4.84 Å². The number of hydrazine groups is 1. The van der Waals surface area contributed by atoms with Crippen molar-refractivity contribution in [2.45, 2.75) is 0 Å². The number of anilines is 2. The summed E-state index contributed by atoms with van der Waals surface area (Å²) in [6.07, 6.45) is 0. The van der Waals surface area contributed by atoms with Crippen molar-refractivity contribution in [3.63, 3.8) is 0 Å². The van der Waals surface area contributed by atoms with Crippen LogP contribution in [0.25, 0.3) is 0 Å². The predicted molar refractivity (Wildman–Crippen MR) is 94.9 cm³/mol. The fourth-order valence-corrected chi connectivity index (χ4v) is 2.48. The fraction of sp³-hybridized carbons (Fsp3) is 0.467. The first kappa shape index (κ1) is 18.1. The largest absolute Gasteiger partial charge is 0.492 e. The summed E-state index contributed by atoms with van der Waals surface area (Å²) in [7, 11) is 0. The molecule has 1 aliphatic rings. The van der Waals surface area contributed by atoms with E-state index < -0.39 is 0 Å². The lowest BCUT2D eigenvalue weighted by atomic mass is 10.2. The van der Waals surface area contributed by atoms with Gasteiger partial charge in [-0.2, -0.15) is 0 Å². The van der Waals surface area contributed by atoms with Gasteiger partial charge in [-0.05, 0) is 24.3 Å². The molecule has 0 atom stereocenters. The van der Waals surface area contributed by atoms with Crippen LogP contribution in [0.15, 0.2) is 35.8 Å². The summed E-state index contributed by atoms with van der Waals surface area (Å²) >= 11 is 0. The van der Waals surface area contributed by atoms with Crippen LogP contribution >= 0.6 is 0 Å². The van der Waals surface area contributed by atoms with Crippen LogP contribution in [0.2, 0.25) is 0 Å². The normalized spacial score (nSPS) is 16.7. The van der Waals surface area contributed by atoms with Crippen molar-refractivity contribution in [3.8, 4) is 0 Å². The van der Waals surface area contributed by atoms with Gasteiger partial charge < -0.3 is 26.3 Å². The number of hydrogen-bond acceptors (Lipinski definition) is 9. The molecule has 2 rings (SSSR count). The molecule has 1 saturated heterocycles. The van der Waals surface area contributed by atoms with Crippen LogP contribution in [0, 0.1) is 0 Å². The van der Waals surface area contributed by atoms with E-state index in [0.29, 0.717) is 6.61 Å². The van der Waals surface area contributed by atoms with Gasteiger partial charge in [0.1, 0.15) is 0 Å². The Balaban J connectivity index is 1.82. The maximum Gasteiger partial charge on any atom is 0.224 e. The lowest BCUT2D eigenvalue weighted by Crippen LogP contribution is -2.47. The Morgan fingerprint density at radius 3 is 2.42 bits per heavy atom. The first-order valence-corrected chi connectivity index (χ1v) is 7.92. The molecule has 0 radical (unpaired) electrons. The van der Waals surface area contributed by atoms with E-state index in [1.54, 1.807) is 0 Å². The molecule has 1 aliphatic heterocycles. The highest BCUT2D eigenvalue weighted by Gasteiger charge is 2.16. The number of nitrogens with two attached hydrogens (primary N) is 3. The van der Waals surface area contributed by atoms with Gasteiger partial charge in [-0.1, -0.05) is 0 Å². The molecule has 1 heterocycles. The standard InChI is InChI=1S/C15H27N7O2/c16-11-14(17)15(23)20-19-12-1-3-13(4-2-12)22-7-5-21(6-8-22)9-10-24-18/h1-4,19-20,23H,5-11,16-18H2/b15-14+. The summed E-state index contributed by atoms with van der Waals surface area (Å²) in [6, 6.07) is 7.94. The van der Waals surface area contributed by atoms with Crippen molar-refractivity contribution in [3.05, 3.63) is 35.8 Å². The second-order valence-electron chi connectivity index (χ2n) is 5.57. The minimum atomic E-state index is -0.167. The maximum absolute atomic E-state index is 9.60. The lowest BCUT2D eigenvalue weighted by Gasteiger charge is -2.36. The zero-order chi connectivity index (χ0) is 17.4. The van der Waals surface area contributed by atoms with Crippen LogP contribution in [0.1, 0.15) is 0 Å². The molecule has 9 nitrogen and oxygen atoms in total. The van der Waals surface area contributed by atoms with Gasteiger partial charge in [-0.3, -0.25) is 15.8 Å². The average molecular weight is 337 g/mol. The molecule has 0 saturated carbocycles. The third-order valence-electron chi connectivity index (χ3n) is 3.98. The first-order valence-electron chi connectivity index (χ1n) is 7.92. The average Bonchev–Trinajstić information content (AvgIpc) is 2.64. The highest BCUT2D eigenvalue weighted by Crippen LogP contribution is 2.19. The minimum Gasteiger partial charge on any atom is -0.492 e. The van der Waals surface area contributed by atoms with Gasteiger partial charge in [0, 0.05) is 45.0 Å². The summed E-state index contributed by atoms with van der Waals surface area (Å²) in [6.45, 7) is 5.41. The van der Waals surface area contributed by atoms with Crippen molar-refractivity contribution in [1.29, 1.82) is 0 Å². The monoisotopic (exact) mass is 337 g/mol. The molecule has 134 valence electrons. The van der Waals surface area contributed by atoms with Gasteiger partial charge in [0.25, 0.3) is 0 Å². The van der Waals surface area contributed by atoms with Crippen molar-refractivity contribution in [1.82, 2.24) is 10.3 Å². The van der Waals surface area contributed by atoms with Crippen LogP contribution in [0.5, 0.6) is 0 Å². The van der Waals surface area contributed by atoms with Crippen LogP contribution in [0.4, 0.5) is 11.4 Å². The molecule has 1 aromatic rings. The summed E-state index contributed by atoms with van der Waals surface area (Å²) in [5, 5.41) is 9.60. The molecule has 9 heteroatoms. The number of rotatable bonds is 8. The van der Waals surface area contributed by atoms with E-state index in [2.05, 4.69) is 25.5 Å². The molecule has 0 amide bonds. The quantitative estimate of drug-likeness (QED) is 0.267. The van der Waals surface area contributed by atoms with E-state index in [0.717, 1.165) is 44.1 Å². The second kappa shape index (κ2) is 9.18. The Morgan fingerprint density at radius 2 is 1.83 bits per heavy atom. The lowest BCUT2D eigenvalue weighted by molar-refractivity contribution is 0.103. The second-order valence-corrected chi connectivity index (χ2v) is 5.57. The topological polar surface area (TPSA) is 138 Å². The van der Waals surface area contributed by atoms with Crippen LogP contribution < -0.4 is 33.1 Å². The molecule has 0 bridgehead atoms. The van der Waals surface area contributed by atoms with Crippen molar-refractivity contribution >= 4 is 11.4 Å². The van der Waals surface area contributed by atoms with Gasteiger partial charge in [-0.15, -0.1) is 0 Å². The van der Waals surface area contributed by atoms with E-state index >= 15 is 0 Å². The summed E-state index contributed by atoms with van der Waals surface area (Å²) in [4.78, 5) is 9.29.